The van der Waals surface area contributed by atoms with Crippen molar-refractivity contribution in [3.8, 4) is 0 Å². The molecule has 0 aliphatic carbocycles. The number of aromatic nitrogens is 1. The number of nitrogens with zero attached hydrogens (tertiary/aromatic N) is 6. The maximum Gasteiger partial charge on any atom is 0.418 e. The molecule has 0 unspecified atom stereocenters. The lowest BCUT2D eigenvalue weighted by molar-refractivity contribution is -0.141. The molecule has 318 valence electrons. The third-order valence-corrected chi connectivity index (χ3v) is 11.3. The maximum atomic E-state index is 14.1. The summed E-state index contributed by atoms with van der Waals surface area (Å²) < 4.78 is 53.0. The number of benzene rings is 2. The number of piperazine rings is 1. The summed E-state index contributed by atoms with van der Waals surface area (Å²) in [5.41, 5.74) is 5.95. The summed E-state index contributed by atoms with van der Waals surface area (Å²) in [4.78, 5) is 66.6. The van der Waals surface area contributed by atoms with E-state index in [9.17, 15) is 32.3 Å². The minimum absolute atomic E-state index is 0.0166. The van der Waals surface area contributed by atoms with E-state index in [1.807, 2.05) is 29.2 Å². The van der Waals surface area contributed by atoms with Crippen LogP contribution in [0.2, 0.25) is 5.02 Å². The minimum Gasteiger partial charge on any atom is -0.461 e. The van der Waals surface area contributed by atoms with E-state index in [0.717, 1.165) is 36.8 Å². The van der Waals surface area contributed by atoms with Crippen LogP contribution in [0.25, 0.3) is 0 Å². The fourth-order valence-corrected chi connectivity index (χ4v) is 7.88. The van der Waals surface area contributed by atoms with Crippen LogP contribution in [0.5, 0.6) is 0 Å². The van der Waals surface area contributed by atoms with Gasteiger partial charge in [-0.2, -0.15) is 13.2 Å². The zero-order valence-electron chi connectivity index (χ0n) is 33.2. The molecular weight excluding hydrogens is 793 g/mol. The summed E-state index contributed by atoms with van der Waals surface area (Å²) in [5.74, 6) is -0.463. The van der Waals surface area contributed by atoms with E-state index >= 15 is 0 Å². The van der Waals surface area contributed by atoms with E-state index in [0.29, 0.717) is 50.4 Å². The molecule has 4 heterocycles. The van der Waals surface area contributed by atoms with Gasteiger partial charge in [0.25, 0.3) is 5.91 Å². The van der Waals surface area contributed by atoms with Gasteiger partial charge < -0.3 is 45.0 Å². The predicted molar refractivity (Wildman–Crippen MR) is 216 cm³/mol. The van der Waals surface area contributed by atoms with E-state index in [2.05, 4.69) is 29.0 Å². The molecule has 0 saturated carbocycles. The summed E-state index contributed by atoms with van der Waals surface area (Å²) in [6.07, 6.45) is -4.10. The van der Waals surface area contributed by atoms with Gasteiger partial charge in [0.05, 0.1) is 21.8 Å². The third-order valence-electron chi connectivity index (χ3n) is 11.0. The van der Waals surface area contributed by atoms with Crippen molar-refractivity contribution in [3.63, 3.8) is 0 Å². The van der Waals surface area contributed by atoms with Crippen molar-refractivity contribution in [1.29, 1.82) is 0 Å². The first-order valence-electron chi connectivity index (χ1n) is 19.9. The Labute approximate surface area is 346 Å². The van der Waals surface area contributed by atoms with Crippen molar-refractivity contribution in [2.24, 2.45) is 0 Å². The Balaban J connectivity index is 1.09. The maximum absolute atomic E-state index is 14.1. The lowest BCUT2D eigenvalue weighted by Gasteiger charge is -2.40. The molecule has 2 aromatic carbocycles. The van der Waals surface area contributed by atoms with Crippen LogP contribution in [0, 0.1) is 0 Å². The van der Waals surface area contributed by atoms with Gasteiger partial charge in [-0.05, 0) is 73.8 Å². The number of ether oxygens (including phenoxy) is 2. The second-order valence-electron chi connectivity index (χ2n) is 14.8. The van der Waals surface area contributed by atoms with E-state index in [4.69, 9.17) is 26.8 Å². The number of esters is 1. The summed E-state index contributed by atoms with van der Waals surface area (Å²) >= 11 is 6.12. The topological polar surface area (TPSA) is 154 Å². The molecule has 0 spiro atoms. The molecule has 2 saturated heterocycles. The van der Waals surface area contributed by atoms with E-state index in [1.54, 1.807) is 17.0 Å². The third kappa shape index (κ3) is 10.7. The molecular formula is C41H50ClF3N8O6. The number of piperidine rings is 1. The average molecular weight is 843 g/mol. The van der Waals surface area contributed by atoms with Gasteiger partial charge in [0.2, 0.25) is 0 Å². The van der Waals surface area contributed by atoms with Gasteiger partial charge in [-0.3, -0.25) is 4.79 Å². The Bertz CT molecular complexity index is 1970. The molecule has 0 bridgehead atoms. The molecule has 3 N–H and O–H groups in total. The van der Waals surface area contributed by atoms with Crippen LogP contribution in [0.15, 0.2) is 54.7 Å². The largest absolute Gasteiger partial charge is 0.461 e. The number of nitrogens with two attached hydrogens (primary N) is 1. The number of hydrogen-bond donors (Lipinski definition) is 2. The number of para-hydroxylation sites is 1. The minimum atomic E-state index is -4.81. The van der Waals surface area contributed by atoms with Crippen molar-refractivity contribution in [3.05, 3.63) is 82.0 Å². The number of likely N-dealkylation sites (tertiary alicyclic amines) is 1. The van der Waals surface area contributed by atoms with Gasteiger partial charge in [0.1, 0.15) is 12.4 Å². The number of nitrogens with one attached hydrogen (secondary N) is 1. The van der Waals surface area contributed by atoms with Gasteiger partial charge >= 0.3 is 24.3 Å². The number of likely N-dealkylation sites (N-methyl/N-ethyl adjacent to an activating group) is 1. The molecule has 2 fully saturated rings. The molecule has 14 nitrogen and oxygen atoms in total. The van der Waals surface area contributed by atoms with Gasteiger partial charge in [0.15, 0.2) is 6.10 Å². The van der Waals surface area contributed by atoms with Gasteiger partial charge in [-0.1, -0.05) is 43.6 Å². The van der Waals surface area contributed by atoms with Gasteiger partial charge in [0, 0.05) is 76.7 Å². The number of halogens is 4. The number of anilines is 3. The number of urea groups is 1. The van der Waals surface area contributed by atoms with E-state index < -0.39 is 41.5 Å². The fraction of sp³-hybridized carbons (Fsp3) is 0.488. The second kappa shape index (κ2) is 19.2. The lowest BCUT2D eigenvalue weighted by atomic mass is 10.0. The van der Waals surface area contributed by atoms with Crippen molar-refractivity contribution in [2.75, 3.05) is 81.5 Å². The van der Waals surface area contributed by atoms with Crippen LogP contribution in [0.1, 0.15) is 60.2 Å². The number of rotatable bonds is 13. The predicted octanol–water partition coefficient (Wildman–Crippen LogP) is 6.13. The Morgan fingerprint density at radius 3 is 2.39 bits per heavy atom. The summed E-state index contributed by atoms with van der Waals surface area (Å²) in [7, 11) is 0. The highest BCUT2D eigenvalue weighted by molar-refractivity contribution is 6.33. The number of fused-ring (bicyclic) bond motifs is 1. The molecule has 3 aliphatic heterocycles. The molecule has 1 aromatic heterocycles. The molecule has 4 amide bonds. The normalized spacial score (nSPS) is 16.8. The zero-order valence-corrected chi connectivity index (χ0v) is 33.9. The lowest BCUT2D eigenvalue weighted by Crippen LogP contribution is -2.54. The molecule has 1 atom stereocenters. The summed E-state index contributed by atoms with van der Waals surface area (Å²) in [5, 5.41) is 2.58. The number of amides is 4. The van der Waals surface area contributed by atoms with Crippen LogP contribution < -0.4 is 16.0 Å². The van der Waals surface area contributed by atoms with Crippen LogP contribution in [0.3, 0.4) is 0 Å². The summed E-state index contributed by atoms with van der Waals surface area (Å²) in [6, 6.07) is 12.6. The van der Waals surface area contributed by atoms with Crippen molar-refractivity contribution >= 4 is 52.8 Å². The van der Waals surface area contributed by atoms with Crippen molar-refractivity contribution in [2.45, 2.75) is 64.4 Å². The van der Waals surface area contributed by atoms with E-state index in [-0.39, 0.29) is 61.9 Å². The van der Waals surface area contributed by atoms with Crippen LogP contribution in [-0.2, 0) is 33.4 Å². The number of pyridine rings is 1. The Morgan fingerprint density at radius 2 is 1.73 bits per heavy atom. The molecule has 0 radical (unpaired) electrons. The smallest absolute Gasteiger partial charge is 0.418 e. The van der Waals surface area contributed by atoms with Crippen molar-refractivity contribution < 1.29 is 41.8 Å². The molecule has 18 heteroatoms. The quantitative estimate of drug-likeness (QED) is 0.152. The molecule has 6 rings (SSSR count). The monoisotopic (exact) mass is 842 g/mol. The highest BCUT2D eigenvalue weighted by Gasteiger charge is 2.38. The fourth-order valence-electron chi connectivity index (χ4n) is 7.64. The Morgan fingerprint density at radius 1 is 1.00 bits per heavy atom. The zero-order chi connectivity index (χ0) is 42.3. The van der Waals surface area contributed by atoms with Crippen LogP contribution in [-0.4, -0.2) is 126 Å². The standard InChI is InChI=1S/C41H50ClF3N8O6/c1-3-13-49(4-2)20-21-58-38(55)28-9-10-35(47-25-28)50-16-18-51(19-17-50)37(54)34(24-27-22-31(41(43,44)45)36(46)32(42)23-27)59-40(57)52-14-11-30(12-15-52)53-26-29-7-5-6-8-33(29)48-39(53)56/h5-10,22-23,25,30,34H,3-4,11-21,24,26,46H2,1-2H3,(H,48,56)/t34-/m1/s1. The molecule has 59 heavy (non-hydrogen) atoms. The number of alkyl halides is 3. The first-order valence-corrected chi connectivity index (χ1v) is 20.3. The highest BCUT2D eigenvalue weighted by atomic mass is 35.5. The second-order valence-corrected chi connectivity index (χ2v) is 15.2. The average Bonchev–Trinajstić information content (AvgIpc) is 3.23. The molecule has 3 aromatic rings. The van der Waals surface area contributed by atoms with E-state index in [1.165, 1.54) is 22.1 Å². The molecule has 3 aliphatic rings. The number of carbonyl (C=O) groups is 4. The number of nitrogen functional groups attached to an aromatic ring is 1. The number of hydrogen-bond acceptors (Lipinski definition) is 10. The van der Waals surface area contributed by atoms with Crippen LogP contribution >= 0.6 is 11.6 Å². The summed E-state index contributed by atoms with van der Waals surface area (Å²) in [6.45, 7) is 8.85. The number of carbonyl (C=O) groups excluding carboxylic acids is 4. The van der Waals surface area contributed by atoms with Crippen LogP contribution in [0.4, 0.5) is 40.0 Å². The Kier molecular flexibility index (Phi) is 14.1. The highest BCUT2D eigenvalue weighted by Crippen LogP contribution is 2.38. The van der Waals surface area contributed by atoms with Crippen molar-refractivity contribution in [1.82, 2.24) is 24.6 Å². The SMILES string of the molecule is CCCN(CC)CCOC(=O)c1ccc(N2CCN(C(=O)[C@@H](Cc3cc(Cl)c(N)c(C(F)(F)F)c3)OC(=O)N3CCC(N4Cc5ccccc5NC4=O)CC3)CC2)nc1. The first kappa shape index (κ1) is 43.3. The first-order chi connectivity index (χ1) is 28.2. The van der Waals surface area contributed by atoms with Gasteiger partial charge in [-0.15, -0.1) is 0 Å². The van der Waals surface area contributed by atoms with Gasteiger partial charge in [-0.25, -0.2) is 19.4 Å². The Hall–Kier alpha value is -5.29.